The Morgan fingerprint density at radius 2 is 0.955 bits per heavy atom. The molecule has 0 fully saturated rings. The number of nitrogens with one attached hydrogen (secondary N) is 2. The fourth-order valence-corrected chi connectivity index (χ4v) is 5.91. The minimum atomic E-state index is -1.30. The van der Waals surface area contributed by atoms with Crippen LogP contribution in [0.4, 0.5) is 0 Å². The zero-order valence-electron chi connectivity index (χ0n) is 25.4. The van der Waals surface area contributed by atoms with Crippen LogP contribution in [0.25, 0.3) is 0 Å². The van der Waals surface area contributed by atoms with Crippen LogP contribution >= 0.6 is 21.6 Å². The number of hydrogen-bond acceptors (Lipinski definition) is 10. The number of carbonyl (C=O) groups is 6. The third kappa shape index (κ3) is 12.3. The number of benzene rings is 2. The molecule has 0 unspecified atom stereocenters. The van der Waals surface area contributed by atoms with E-state index in [2.05, 4.69) is 10.6 Å². The van der Waals surface area contributed by atoms with Crippen molar-refractivity contribution < 1.29 is 38.2 Å². The molecule has 0 heterocycles. The summed E-state index contributed by atoms with van der Waals surface area (Å²) in [5.41, 5.74) is 9.31. The van der Waals surface area contributed by atoms with Crippen molar-refractivity contribution in [3.8, 4) is 0 Å². The van der Waals surface area contributed by atoms with Crippen LogP contribution in [0, 0.1) is 0 Å². The monoisotopic (exact) mass is 646 g/mol. The lowest BCUT2D eigenvalue weighted by Gasteiger charge is -2.24. The third-order valence-electron chi connectivity index (χ3n) is 5.29. The number of hydrogen-bond donors (Lipinski definition) is 4. The van der Waals surface area contributed by atoms with Gasteiger partial charge in [-0.15, -0.1) is 0 Å². The second kappa shape index (κ2) is 15.6. The van der Waals surface area contributed by atoms with Gasteiger partial charge in [-0.25, -0.2) is 9.59 Å². The number of esters is 2. The number of ether oxygens (including phenoxy) is 2. The highest BCUT2D eigenvalue weighted by Crippen LogP contribution is 2.40. The lowest BCUT2D eigenvalue weighted by molar-refractivity contribution is -0.158. The van der Waals surface area contributed by atoms with E-state index in [1.54, 1.807) is 90.1 Å². The van der Waals surface area contributed by atoms with Crippen LogP contribution in [0.2, 0.25) is 0 Å². The summed E-state index contributed by atoms with van der Waals surface area (Å²) in [4.78, 5) is 76.0. The molecule has 0 bridgehead atoms. The molecule has 0 aromatic heterocycles. The van der Waals surface area contributed by atoms with E-state index >= 15 is 0 Å². The summed E-state index contributed by atoms with van der Waals surface area (Å²) in [7, 11) is 2.33. The van der Waals surface area contributed by atoms with Crippen LogP contribution in [0.15, 0.2) is 58.3 Å². The van der Waals surface area contributed by atoms with Crippen molar-refractivity contribution in [3.63, 3.8) is 0 Å². The molecular weight excluding hydrogens is 608 g/mol. The molecule has 2 rings (SSSR count). The summed E-state index contributed by atoms with van der Waals surface area (Å²) in [6, 6.07) is 10.5. The molecule has 12 nitrogen and oxygen atoms in total. The molecule has 238 valence electrons. The first-order valence-corrected chi connectivity index (χ1v) is 15.7. The molecule has 0 aliphatic rings. The number of carbonyl (C=O) groups excluding carboxylic acids is 6. The van der Waals surface area contributed by atoms with Gasteiger partial charge < -0.3 is 31.6 Å². The van der Waals surface area contributed by atoms with Gasteiger partial charge in [-0.3, -0.25) is 19.2 Å². The van der Waals surface area contributed by atoms with Gasteiger partial charge >= 0.3 is 11.9 Å². The molecule has 0 radical (unpaired) electrons. The van der Waals surface area contributed by atoms with E-state index in [1.165, 1.54) is 21.6 Å². The molecular formula is C30H38N4O8S2. The summed E-state index contributed by atoms with van der Waals surface area (Å²) < 4.78 is 10.7. The second-order valence-electron chi connectivity index (χ2n) is 11.6. The number of nitrogens with two attached hydrogens (primary N) is 2. The predicted molar refractivity (Wildman–Crippen MR) is 166 cm³/mol. The Morgan fingerprint density at radius 1 is 0.636 bits per heavy atom. The lowest BCUT2D eigenvalue weighted by atomic mass is 10.1. The Bertz CT molecular complexity index is 1300. The average molecular weight is 647 g/mol. The zero-order chi connectivity index (χ0) is 33.2. The summed E-state index contributed by atoms with van der Waals surface area (Å²) in [6.07, 6.45) is -0.902. The molecule has 0 spiro atoms. The Morgan fingerprint density at radius 3 is 1.25 bits per heavy atom. The third-order valence-corrected chi connectivity index (χ3v) is 7.77. The van der Waals surface area contributed by atoms with Gasteiger partial charge in [-0.1, -0.05) is 45.9 Å². The highest BCUT2D eigenvalue weighted by molar-refractivity contribution is 8.76. The summed E-state index contributed by atoms with van der Waals surface area (Å²) in [5.74, 6) is -4.46. The van der Waals surface area contributed by atoms with Crippen LogP contribution in [-0.4, -0.2) is 58.9 Å². The van der Waals surface area contributed by atoms with Gasteiger partial charge in [0.15, 0.2) is 0 Å². The van der Waals surface area contributed by atoms with Gasteiger partial charge in [0.25, 0.3) is 11.8 Å². The van der Waals surface area contributed by atoms with Crippen molar-refractivity contribution in [3.05, 3.63) is 59.7 Å². The maximum Gasteiger partial charge on any atom is 0.329 e. The number of amides is 4. The van der Waals surface area contributed by atoms with E-state index in [-0.39, 0.29) is 11.1 Å². The van der Waals surface area contributed by atoms with Gasteiger partial charge in [-0.05, 0) is 65.8 Å². The molecule has 44 heavy (non-hydrogen) atoms. The van der Waals surface area contributed by atoms with Gasteiger partial charge in [0.05, 0.1) is 24.0 Å². The van der Waals surface area contributed by atoms with Crippen LogP contribution in [0.1, 0.15) is 75.1 Å². The molecule has 2 aromatic rings. The Balaban J connectivity index is 2.25. The van der Waals surface area contributed by atoms with Gasteiger partial charge in [0, 0.05) is 9.79 Å². The van der Waals surface area contributed by atoms with E-state index < -0.39 is 71.7 Å². The SMILES string of the molecule is CC(C)(C)OC(=O)[C@H](CC(N)=O)NC(=O)c1ccccc1SSc1ccccc1C(=O)N[C@@H](CC(N)=O)C(=O)OC(C)(C)C. The molecule has 0 saturated carbocycles. The maximum absolute atomic E-state index is 13.2. The lowest BCUT2D eigenvalue weighted by Crippen LogP contribution is -2.46. The van der Waals surface area contributed by atoms with E-state index in [1.807, 2.05) is 0 Å². The standard InChI is InChI=1S/C30H38N4O8S2/c1-29(2,3)41-27(39)19(15-23(31)35)33-25(37)17-11-7-9-13-21(17)43-44-22-14-10-8-12-18(22)26(38)34-20(16-24(32)36)28(40)42-30(4,5)6/h7-14,19-20H,15-16H2,1-6H3,(H2,31,35)(H2,32,36)(H,33,37)(H,34,38)/t19-,20-/m0/s1. The normalized spacial score (nSPS) is 12.8. The topological polar surface area (TPSA) is 197 Å². The fraction of sp³-hybridized carbons (Fsp3) is 0.400. The van der Waals surface area contributed by atoms with Crippen molar-refractivity contribution in [2.75, 3.05) is 0 Å². The molecule has 14 heteroatoms. The van der Waals surface area contributed by atoms with E-state index in [4.69, 9.17) is 20.9 Å². The predicted octanol–water partition coefficient (Wildman–Crippen LogP) is 3.12. The molecule has 0 saturated heterocycles. The molecule has 0 aliphatic carbocycles. The van der Waals surface area contributed by atoms with Crippen molar-refractivity contribution in [2.24, 2.45) is 11.5 Å². The van der Waals surface area contributed by atoms with Gasteiger partial charge in [-0.2, -0.15) is 0 Å². The van der Waals surface area contributed by atoms with Crippen LogP contribution in [0.3, 0.4) is 0 Å². The average Bonchev–Trinajstić information content (AvgIpc) is 2.89. The second-order valence-corrected chi connectivity index (χ2v) is 13.8. The first kappa shape index (κ1) is 36.2. The Labute approximate surface area is 264 Å². The minimum absolute atomic E-state index is 0.205. The maximum atomic E-state index is 13.2. The molecule has 2 atom stereocenters. The first-order chi connectivity index (χ1) is 20.4. The highest BCUT2D eigenvalue weighted by Gasteiger charge is 2.30. The molecule has 2 aromatic carbocycles. The fourth-order valence-electron chi connectivity index (χ4n) is 3.55. The summed E-state index contributed by atoms with van der Waals surface area (Å²) in [6.45, 7) is 9.94. The Hall–Kier alpha value is -4.04. The highest BCUT2D eigenvalue weighted by atomic mass is 33.1. The van der Waals surface area contributed by atoms with Crippen molar-refractivity contribution >= 4 is 57.2 Å². The first-order valence-electron chi connectivity index (χ1n) is 13.5. The quantitative estimate of drug-likeness (QED) is 0.185. The Kier molecular flexibility index (Phi) is 12.8. The largest absolute Gasteiger partial charge is 0.458 e. The summed E-state index contributed by atoms with van der Waals surface area (Å²) >= 11 is 0. The molecule has 6 N–H and O–H groups in total. The van der Waals surface area contributed by atoms with Crippen LogP contribution < -0.4 is 22.1 Å². The minimum Gasteiger partial charge on any atom is -0.458 e. The molecule has 0 aliphatic heterocycles. The van der Waals surface area contributed by atoms with Gasteiger partial charge in [0.2, 0.25) is 11.8 Å². The van der Waals surface area contributed by atoms with Crippen LogP contribution in [-0.2, 0) is 28.7 Å². The smallest absolute Gasteiger partial charge is 0.329 e. The van der Waals surface area contributed by atoms with E-state index in [0.717, 1.165) is 0 Å². The molecule has 4 amide bonds. The van der Waals surface area contributed by atoms with Crippen molar-refractivity contribution in [2.45, 2.75) is 87.5 Å². The summed E-state index contributed by atoms with van der Waals surface area (Å²) in [5, 5.41) is 5.07. The van der Waals surface area contributed by atoms with E-state index in [9.17, 15) is 28.8 Å². The zero-order valence-corrected chi connectivity index (χ0v) is 27.1. The number of rotatable bonds is 13. The number of primary amides is 2. The van der Waals surface area contributed by atoms with Crippen molar-refractivity contribution in [1.29, 1.82) is 0 Å². The van der Waals surface area contributed by atoms with E-state index in [0.29, 0.717) is 9.79 Å². The van der Waals surface area contributed by atoms with Crippen molar-refractivity contribution in [1.82, 2.24) is 10.6 Å². The van der Waals surface area contributed by atoms with Crippen LogP contribution in [0.5, 0.6) is 0 Å². The van der Waals surface area contributed by atoms with Gasteiger partial charge in [0.1, 0.15) is 23.3 Å².